The Bertz CT molecular complexity index is 1110. The van der Waals surface area contributed by atoms with Crippen molar-refractivity contribution in [3.05, 3.63) is 78.9 Å². The Balaban J connectivity index is 1.45. The van der Waals surface area contributed by atoms with E-state index >= 15 is 0 Å². The summed E-state index contributed by atoms with van der Waals surface area (Å²) in [6, 6.07) is 24.9. The normalized spacial score (nSPS) is 18.8. The summed E-state index contributed by atoms with van der Waals surface area (Å²) < 4.78 is 36.4. The Kier molecular flexibility index (Phi) is 4.84. The van der Waals surface area contributed by atoms with E-state index in [1.807, 2.05) is 66.7 Å². The number of nitrogens with zero attached hydrogens (tertiary/aromatic N) is 2. The van der Waals surface area contributed by atoms with Gasteiger partial charge in [-0.05, 0) is 49.2 Å². The van der Waals surface area contributed by atoms with Crippen LogP contribution in [0.25, 0.3) is 0 Å². The first kappa shape index (κ1) is 19.0. The minimum atomic E-state index is -3.64. The van der Waals surface area contributed by atoms with Crippen LogP contribution in [0, 0.1) is 0 Å². The monoisotopic (exact) mass is 421 g/mol. The van der Waals surface area contributed by atoms with E-state index < -0.39 is 10.2 Å². The molecule has 6 nitrogen and oxygen atoms in total. The minimum Gasteiger partial charge on any atom is -0.453 e. The van der Waals surface area contributed by atoms with Gasteiger partial charge in [-0.15, -0.1) is 0 Å². The predicted molar refractivity (Wildman–Crippen MR) is 119 cm³/mol. The number of rotatable bonds is 4. The highest BCUT2D eigenvalue weighted by Gasteiger charge is 2.36. The molecule has 0 saturated carbocycles. The van der Waals surface area contributed by atoms with E-state index in [1.54, 1.807) is 16.4 Å². The molecule has 0 aliphatic carbocycles. The van der Waals surface area contributed by atoms with Gasteiger partial charge in [-0.3, -0.25) is 4.72 Å². The molecule has 2 aliphatic heterocycles. The number of nitrogens with one attached hydrogen (secondary N) is 1. The number of para-hydroxylation sites is 5. The number of ether oxygens (including phenoxy) is 1. The zero-order valence-electron chi connectivity index (χ0n) is 16.4. The summed E-state index contributed by atoms with van der Waals surface area (Å²) in [7, 11) is -3.64. The van der Waals surface area contributed by atoms with Gasteiger partial charge in [0.15, 0.2) is 11.5 Å². The van der Waals surface area contributed by atoms with E-state index in [2.05, 4.69) is 9.62 Å². The maximum absolute atomic E-state index is 13.0. The molecule has 0 amide bonds. The van der Waals surface area contributed by atoms with E-state index in [4.69, 9.17) is 4.74 Å². The minimum absolute atomic E-state index is 0.0114. The largest absolute Gasteiger partial charge is 0.453 e. The fourth-order valence-electron chi connectivity index (χ4n) is 4.20. The lowest BCUT2D eigenvalue weighted by molar-refractivity contribution is 0.313. The molecule has 0 bridgehead atoms. The van der Waals surface area contributed by atoms with Gasteiger partial charge in [0.2, 0.25) is 0 Å². The van der Waals surface area contributed by atoms with Crippen molar-refractivity contribution < 1.29 is 13.2 Å². The van der Waals surface area contributed by atoms with Crippen molar-refractivity contribution in [2.45, 2.75) is 18.9 Å². The van der Waals surface area contributed by atoms with Crippen LogP contribution in [0.3, 0.4) is 0 Å². The summed E-state index contributed by atoms with van der Waals surface area (Å²) in [5.41, 5.74) is 2.51. The Morgan fingerprint density at radius 1 is 0.833 bits per heavy atom. The van der Waals surface area contributed by atoms with Gasteiger partial charge in [-0.1, -0.05) is 42.5 Å². The molecule has 1 fully saturated rings. The molecule has 5 rings (SSSR count). The summed E-state index contributed by atoms with van der Waals surface area (Å²) in [4.78, 5) is 2.23. The molecule has 1 N–H and O–H groups in total. The maximum atomic E-state index is 13.0. The molecule has 0 spiro atoms. The van der Waals surface area contributed by atoms with Crippen molar-refractivity contribution in [3.8, 4) is 11.5 Å². The van der Waals surface area contributed by atoms with Gasteiger partial charge in [-0.2, -0.15) is 12.7 Å². The average molecular weight is 422 g/mol. The highest BCUT2D eigenvalue weighted by molar-refractivity contribution is 7.90. The van der Waals surface area contributed by atoms with E-state index in [1.165, 1.54) is 0 Å². The molecule has 0 radical (unpaired) electrons. The smallest absolute Gasteiger partial charge is 0.301 e. The van der Waals surface area contributed by atoms with Gasteiger partial charge < -0.3 is 9.64 Å². The standard InChI is InChI=1S/C23H23N3O3S/c27-30(28,24-18-9-2-1-3-10-18)25-16-8-11-19(17-25)26-20-12-4-6-14-22(20)29-23-15-7-5-13-21(23)26/h1-7,9-10,12-15,19,24H,8,11,16-17H2. The molecule has 1 saturated heterocycles. The van der Waals surface area contributed by atoms with Gasteiger partial charge >= 0.3 is 10.2 Å². The molecule has 2 aliphatic rings. The topological polar surface area (TPSA) is 61.9 Å². The third-order valence-electron chi connectivity index (χ3n) is 5.55. The molecule has 154 valence electrons. The van der Waals surface area contributed by atoms with E-state index in [9.17, 15) is 8.42 Å². The van der Waals surface area contributed by atoms with Crippen molar-refractivity contribution in [3.63, 3.8) is 0 Å². The van der Waals surface area contributed by atoms with E-state index in [0.29, 0.717) is 18.8 Å². The molecule has 3 aromatic rings. The van der Waals surface area contributed by atoms with Crippen LogP contribution >= 0.6 is 0 Å². The third kappa shape index (κ3) is 3.51. The predicted octanol–water partition coefficient (Wildman–Crippen LogP) is 4.75. The summed E-state index contributed by atoms with van der Waals surface area (Å²) in [6.45, 7) is 0.914. The highest BCUT2D eigenvalue weighted by Crippen LogP contribution is 2.48. The lowest BCUT2D eigenvalue weighted by Gasteiger charge is -2.42. The van der Waals surface area contributed by atoms with Crippen LogP contribution < -0.4 is 14.4 Å². The summed E-state index contributed by atoms with van der Waals surface area (Å²) >= 11 is 0. The van der Waals surface area contributed by atoms with Crippen molar-refractivity contribution >= 4 is 27.3 Å². The Labute approximate surface area is 176 Å². The van der Waals surface area contributed by atoms with Crippen molar-refractivity contribution in [2.24, 2.45) is 0 Å². The zero-order chi connectivity index (χ0) is 20.6. The molecular weight excluding hydrogens is 398 g/mol. The number of hydrogen-bond donors (Lipinski definition) is 1. The quantitative estimate of drug-likeness (QED) is 0.660. The first-order valence-electron chi connectivity index (χ1n) is 10.1. The van der Waals surface area contributed by atoms with Crippen LogP contribution in [0.4, 0.5) is 17.1 Å². The van der Waals surface area contributed by atoms with Crippen LogP contribution in [0.1, 0.15) is 12.8 Å². The average Bonchev–Trinajstić information content (AvgIpc) is 2.78. The van der Waals surface area contributed by atoms with Crippen molar-refractivity contribution in [1.82, 2.24) is 4.31 Å². The second-order valence-corrected chi connectivity index (χ2v) is 9.21. The van der Waals surface area contributed by atoms with Crippen LogP contribution in [-0.4, -0.2) is 31.9 Å². The van der Waals surface area contributed by atoms with Crippen LogP contribution in [0.5, 0.6) is 11.5 Å². The number of fused-ring (bicyclic) bond motifs is 2. The Morgan fingerprint density at radius 3 is 2.10 bits per heavy atom. The van der Waals surface area contributed by atoms with Crippen LogP contribution in [0.2, 0.25) is 0 Å². The second kappa shape index (κ2) is 7.66. The van der Waals surface area contributed by atoms with Gasteiger partial charge in [-0.25, -0.2) is 0 Å². The Hall–Kier alpha value is -3.03. The second-order valence-electron chi connectivity index (χ2n) is 7.53. The molecule has 2 heterocycles. The van der Waals surface area contributed by atoms with Gasteiger partial charge in [0.1, 0.15) is 0 Å². The first-order chi connectivity index (χ1) is 14.6. The fraction of sp³-hybridized carbons (Fsp3) is 0.217. The third-order valence-corrected chi connectivity index (χ3v) is 7.06. The van der Waals surface area contributed by atoms with Crippen LogP contribution in [0.15, 0.2) is 78.9 Å². The molecule has 1 atom stereocenters. The molecule has 0 aromatic heterocycles. The molecule has 7 heteroatoms. The van der Waals surface area contributed by atoms with E-state index in [0.717, 1.165) is 35.7 Å². The molecule has 1 unspecified atom stereocenters. The number of benzene rings is 3. The molecule has 3 aromatic carbocycles. The zero-order valence-corrected chi connectivity index (χ0v) is 17.3. The van der Waals surface area contributed by atoms with E-state index in [-0.39, 0.29) is 6.04 Å². The number of anilines is 3. The summed E-state index contributed by atoms with van der Waals surface area (Å²) in [6.07, 6.45) is 1.70. The maximum Gasteiger partial charge on any atom is 0.301 e. The summed E-state index contributed by atoms with van der Waals surface area (Å²) in [5, 5.41) is 0. The number of hydrogen-bond acceptors (Lipinski definition) is 4. The van der Waals surface area contributed by atoms with Crippen molar-refractivity contribution in [2.75, 3.05) is 22.7 Å². The fourth-order valence-corrected chi connectivity index (χ4v) is 5.50. The van der Waals surface area contributed by atoms with Crippen LogP contribution in [-0.2, 0) is 10.2 Å². The van der Waals surface area contributed by atoms with Gasteiger partial charge in [0.25, 0.3) is 0 Å². The highest BCUT2D eigenvalue weighted by atomic mass is 32.2. The lowest BCUT2D eigenvalue weighted by Crippen LogP contribution is -2.50. The van der Waals surface area contributed by atoms with Gasteiger partial charge in [0.05, 0.1) is 11.4 Å². The Morgan fingerprint density at radius 2 is 1.43 bits per heavy atom. The first-order valence-corrected chi connectivity index (χ1v) is 11.5. The van der Waals surface area contributed by atoms with Crippen molar-refractivity contribution in [1.29, 1.82) is 0 Å². The molecular formula is C23H23N3O3S. The number of piperidine rings is 1. The molecule has 30 heavy (non-hydrogen) atoms. The van der Waals surface area contributed by atoms with Gasteiger partial charge in [0, 0.05) is 24.8 Å². The summed E-state index contributed by atoms with van der Waals surface area (Å²) in [5.74, 6) is 1.58. The lowest BCUT2D eigenvalue weighted by atomic mass is 10.0. The SMILES string of the molecule is O=S(=O)(Nc1ccccc1)N1CCCC(N2c3ccccc3Oc3ccccc32)C1.